The molecule has 3 rings (SSSR count). The average molecular weight is 227 g/mol. The number of rotatable bonds is 1. The molecule has 0 radical (unpaired) electrons. The van der Waals surface area contributed by atoms with Gasteiger partial charge in [0.15, 0.2) is 0 Å². The molecule has 0 bridgehead atoms. The van der Waals surface area contributed by atoms with Crippen molar-refractivity contribution in [3.05, 3.63) is 47.3 Å². The SMILES string of the molecule is NC(=O)c1cccc2c1NC1=CCCC=C1N2. The minimum absolute atomic E-state index is 0.417. The first-order chi connectivity index (χ1) is 8.25. The van der Waals surface area contributed by atoms with Gasteiger partial charge in [-0.05, 0) is 25.0 Å². The molecular formula is C13H13N3O. The van der Waals surface area contributed by atoms with Crippen LogP contribution in [0.3, 0.4) is 0 Å². The fourth-order valence-corrected chi connectivity index (χ4v) is 2.19. The van der Waals surface area contributed by atoms with Crippen LogP contribution in [0.2, 0.25) is 0 Å². The molecule has 86 valence electrons. The van der Waals surface area contributed by atoms with Crippen molar-refractivity contribution < 1.29 is 4.79 Å². The van der Waals surface area contributed by atoms with Crippen molar-refractivity contribution in [2.24, 2.45) is 5.73 Å². The number of para-hydroxylation sites is 1. The molecule has 1 aliphatic heterocycles. The second-order valence-corrected chi connectivity index (χ2v) is 4.16. The van der Waals surface area contributed by atoms with Crippen LogP contribution in [0.4, 0.5) is 11.4 Å². The van der Waals surface area contributed by atoms with Crippen molar-refractivity contribution >= 4 is 17.3 Å². The van der Waals surface area contributed by atoms with E-state index in [1.165, 1.54) is 0 Å². The molecular weight excluding hydrogens is 214 g/mol. The first-order valence-corrected chi connectivity index (χ1v) is 5.63. The number of amides is 1. The van der Waals surface area contributed by atoms with E-state index in [1.54, 1.807) is 6.07 Å². The number of hydrogen-bond acceptors (Lipinski definition) is 3. The van der Waals surface area contributed by atoms with Gasteiger partial charge in [-0.2, -0.15) is 0 Å². The van der Waals surface area contributed by atoms with Gasteiger partial charge in [0.1, 0.15) is 0 Å². The van der Waals surface area contributed by atoms with Crippen LogP contribution < -0.4 is 16.4 Å². The normalized spacial score (nSPS) is 16.7. The van der Waals surface area contributed by atoms with Crippen molar-refractivity contribution in [3.63, 3.8) is 0 Å². The highest BCUT2D eigenvalue weighted by atomic mass is 16.1. The fourth-order valence-electron chi connectivity index (χ4n) is 2.19. The van der Waals surface area contributed by atoms with E-state index in [9.17, 15) is 4.79 Å². The summed E-state index contributed by atoms with van der Waals surface area (Å²) in [4.78, 5) is 11.4. The second-order valence-electron chi connectivity index (χ2n) is 4.16. The molecule has 0 unspecified atom stereocenters. The Bertz CT molecular complexity index is 558. The van der Waals surface area contributed by atoms with Crippen molar-refractivity contribution in [2.45, 2.75) is 12.8 Å². The minimum Gasteiger partial charge on any atom is -0.366 e. The van der Waals surface area contributed by atoms with Crippen LogP contribution in [0.1, 0.15) is 23.2 Å². The first-order valence-electron chi connectivity index (χ1n) is 5.63. The zero-order chi connectivity index (χ0) is 11.8. The number of fused-ring (bicyclic) bond motifs is 2. The van der Waals surface area contributed by atoms with Crippen LogP contribution in [-0.4, -0.2) is 5.91 Å². The summed E-state index contributed by atoms with van der Waals surface area (Å²) in [6.45, 7) is 0. The van der Waals surface area contributed by atoms with E-state index in [-0.39, 0.29) is 0 Å². The maximum atomic E-state index is 11.4. The van der Waals surface area contributed by atoms with E-state index in [4.69, 9.17) is 5.73 Å². The molecule has 0 atom stereocenters. The molecule has 1 aromatic carbocycles. The van der Waals surface area contributed by atoms with Gasteiger partial charge < -0.3 is 16.4 Å². The Balaban J connectivity index is 2.12. The Labute approximate surface area is 99.2 Å². The predicted molar refractivity (Wildman–Crippen MR) is 67.6 cm³/mol. The van der Waals surface area contributed by atoms with E-state index in [1.807, 2.05) is 12.1 Å². The van der Waals surface area contributed by atoms with Crippen LogP contribution in [-0.2, 0) is 0 Å². The number of nitrogens with two attached hydrogens (primary N) is 1. The zero-order valence-corrected chi connectivity index (χ0v) is 9.29. The van der Waals surface area contributed by atoms with Gasteiger partial charge in [0, 0.05) is 0 Å². The largest absolute Gasteiger partial charge is 0.366 e. The Morgan fingerprint density at radius 2 is 1.82 bits per heavy atom. The Kier molecular flexibility index (Phi) is 2.14. The van der Waals surface area contributed by atoms with Crippen LogP contribution in [0.5, 0.6) is 0 Å². The number of allylic oxidation sites excluding steroid dienone is 2. The molecule has 4 heteroatoms. The summed E-state index contributed by atoms with van der Waals surface area (Å²) in [6, 6.07) is 5.49. The van der Waals surface area contributed by atoms with Crippen LogP contribution >= 0.6 is 0 Å². The summed E-state index contributed by atoms with van der Waals surface area (Å²) in [5.74, 6) is -0.417. The third-order valence-corrected chi connectivity index (χ3v) is 3.01. The van der Waals surface area contributed by atoms with Crippen molar-refractivity contribution in [1.82, 2.24) is 0 Å². The van der Waals surface area contributed by atoms with Gasteiger partial charge in [-0.1, -0.05) is 18.2 Å². The van der Waals surface area contributed by atoms with E-state index in [0.717, 1.165) is 35.6 Å². The molecule has 1 aromatic rings. The number of carbonyl (C=O) groups is 1. The number of benzene rings is 1. The van der Waals surface area contributed by atoms with Crippen molar-refractivity contribution in [2.75, 3.05) is 10.6 Å². The minimum atomic E-state index is -0.417. The van der Waals surface area contributed by atoms with Gasteiger partial charge >= 0.3 is 0 Å². The highest BCUT2D eigenvalue weighted by Gasteiger charge is 2.21. The third kappa shape index (κ3) is 1.58. The van der Waals surface area contributed by atoms with Gasteiger partial charge in [-0.3, -0.25) is 4.79 Å². The summed E-state index contributed by atoms with van der Waals surface area (Å²) in [7, 11) is 0. The molecule has 4 nitrogen and oxygen atoms in total. The molecule has 0 saturated carbocycles. The summed E-state index contributed by atoms with van der Waals surface area (Å²) in [5.41, 5.74) is 9.64. The number of nitrogens with one attached hydrogen (secondary N) is 2. The maximum absolute atomic E-state index is 11.4. The van der Waals surface area contributed by atoms with Gasteiger partial charge in [-0.25, -0.2) is 0 Å². The number of anilines is 2. The Morgan fingerprint density at radius 3 is 2.53 bits per heavy atom. The topological polar surface area (TPSA) is 67.2 Å². The van der Waals surface area contributed by atoms with Gasteiger partial charge in [0.2, 0.25) is 0 Å². The highest BCUT2D eigenvalue weighted by molar-refractivity contribution is 6.03. The molecule has 1 amide bonds. The average Bonchev–Trinajstić information content (AvgIpc) is 2.35. The van der Waals surface area contributed by atoms with Gasteiger partial charge in [0.05, 0.1) is 28.3 Å². The quantitative estimate of drug-likeness (QED) is 0.689. The Morgan fingerprint density at radius 1 is 1.12 bits per heavy atom. The maximum Gasteiger partial charge on any atom is 0.250 e. The smallest absolute Gasteiger partial charge is 0.250 e. The summed E-state index contributed by atoms with van der Waals surface area (Å²) >= 11 is 0. The lowest BCUT2D eigenvalue weighted by molar-refractivity contribution is 0.100. The first kappa shape index (κ1) is 9.96. The lowest BCUT2D eigenvalue weighted by atomic mass is 10.0. The van der Waals surface area contributed by atoms with E-state index < -0.39 is 5.91 Å². The molecule has 2 aliphatic rings. The number of primary amides is 1. The molecule has 1 aliphatic carbocycles. The summed E-state index contributed by atoms with van der Waals surface area (Å²) in [5, 5.41) is 6.60. The van der Waals surface area contributed by atoms with Crippen molar-refractivity contribution in [1.29, 1.82) is 0 Å². The van der Waals surface area contributed by atoms with E-state index >= 15 is 0 Å². The standard InChI is InChI=1S/C13H13N3O/c14-13(17)8-4-3-7-11-12(8)16-10-6-2-1-5-9(10)15-11/h3-7,15-16H,1-2H2,(H2,14,17). The molecule has 1 heterocycles. The molecule has 4 N–H and O–H groups in total. The zero-order valence-electron chi connectivity index (χ0n) is 9.29. The summed E-state index contributed by atoms with van der Waals surface area (Å²) in [6.07, 6.45) is 6.34. The molecule has 0 spiro atoms. The predicted octanol–water partition coefficient (Wildman–Crippen LogP) is 2.18. The lowest BCUT2D eigenvalue weighted by Gasteiger charge is -2.28. The highest BCUT2D eigenvalue weighted by Crippen LogP contribution is 2.36. The van der Waals surface area contributed by atoms with Gasteiger partial charge in [0.25, 0.3) is 5.91 Å². The third-order valence-electron chi connectivity index (χ3n) is 3.01. The molecule has 0 aromatic heterocycles. The van der Waals surface area contributed by atoms with Crippen molar-refractivity contribution in [3.8, 4) is 0 Å². The molecule has 0 fully saturated rings. The van der Waals surface area contributed by atoms with Gasteiger partial charge in [-0.15, -0.1) is 0 Å². The molecule has 17 heavy (non-hydrogen) atoms. The molecule has 0 saturated heterocycles. The number of hydrogen-bond donors (Lipinski definition) is 3. The van der Waals surface area contributed by atoms with Crippen LogP contribution in [0.15, 0.2) is 41.7 Å². The lowest BCUT2D eigenvalue weighted by Crippen LogP contribution is -2.22. The fraction of sp³-hybridized carbons (Fsp3) is 0.154. The number of carbonyl (C=O) groups excluding carboxylic acids is 1. The van der Waals surface area contributed by atoms with Crippen LogP contribution in [0.25, 0.3) is 0 Å². The Hall–Kier alpha value is -2.23. The van der Waals surface area contributed by atoms with E-state index in [2.05, 4.69) is 22.8 Å². The monoisotopic (exact) mass is 227 g/mol. The summed E-state index contributed by atoms with van der Waals surface area (Å²) < 4.78 is 0. The van der Waals surface area contributed by atoms with E-state index in [0.29, 0.717) is 5.56 Å². The van der Waals surface area contributed by atoms with Crippen LogP contribution in [0, 0.1) is 0 Å². The second kappa shape index (κ2) is 3.66.